The van der Waals surface area contributed by atoms with Crippen molar-refractivity contribution < 1.29 is 19.1 Å². The lowest BCUT2D eigenvalue weighted by molar-refractivity contribution is -0.136. The predicted molar refractivity (Wildman–Crippen MR) is 116 cm³/mol. The van der Waals surface area contributed by atoms with E-state index in [2.05, 4.69) is 5.32 Å². The quantitative estimate of drug-likeness (QED) is 0.677. The minimum Gasteiger partial charge on any atom is -0.444 e. The van der Waals surface area contributed by atoms with E-state index in [-0.39, 0.29) is 5.91 Å². The van der Waals surface area contributed by atoms with Crippen molar-refractivity contribution in [3.63, 3.8) is 0 Å². The number of likely N-dealkylation sites (N-methyl/N-ethyl adjacent to an activating group) is 1. The SMILES string of the molecule is CN(C(=O)[C@H](Cc1ccccc1)NC(=O)OC(C)(C)C)[C@H](C=O)Cc1ccccc1. The van der Waals surface area contributed by atoms with E-state index in [1.165, 1.54) is 4.90 Å². The second kappa shape index (κ2) is 10.6. The third kappa shape index (κ3) is 7.35. The van der Waals surface area contributed by atoms with E-state index in [0.717, 1.165) is 17.4 Å². The van der Waals surface area contributed by atoms with Crippen molar-refractivity contribution in [3.8, 4) is 0 Å². The number of amides is 2. The van der Waals surface area contributed by atoms with Crippen LogP contribution in [0.15, 0.2) is 60.7 Å². The molecule has 0 heterocycles. The Morgan fingerprint density at radius 3 is 1.93 bits per heavy atom. The first-order valence-electron chi connectivity index (χ1n) is 9.99. The summed E-state index contributed by atoms with van der Waals surface area (Å²) < 4.78 is 5.33. The third-order valence-electron chi connectivity index (χ3n) is 4.56. The van der Waals surface area contributed by atoms with E-state index < -0.39 is 23.8 Å². The largest absolute Gasteiger partial charge is 0.444 e. The van der Waals surface area contributed by atoms with Crippen LogP contribution in [0.3, 0.4) is 0 Å². The maximum Gasteiger partial charge on any atom is 0.408 e. The summed E-state index contributed by atoms with van der Waals surface area (Å²) in [5.41, 5.74) is 1.16. The van der Waals surface area contributed by atoms with Crippen LogP contribution in [0, 0.1) is 0 Å². The average molecular weight is 411 g/mol. The Morgan fingerprint density at radius 1 is 0.967 bits per heavy atom. The molecule has 0 spiro atoms. The minimum absolute atomic E-state index is 0.292. The van der Waals surface area contributed by atoms with Crippen LogP contribution in [-0.4, -0.2) is 47.9 Å². The molecular formula is C24H30N2O4. The van der Waals surface area contributed by atoms with Crippen LogP contribution in [0.5, 0.6) is 0 Å². The number of carbonyl (C=O) groups is 3. The lowest BCUT2D eigenvalue weighted by atomic mass is 10.0. The van der Waals surface area contributed by atoms with Gasteiger partial charge in [-0.05, 0) is 38.3 Å². The van der Waals surface area contributed by atoms with Crippen molar-refractivity contribution in [1.82, 2.24) is 10.2 Å². The molecule has 0 unspecified atom stereocenters. The van der Waals surface area contributed by atoms with Gasteiger partial charge in [0.1, 0.15) is 17.9 Å². The zero-order valence-electron chi connectivity index (χ0n) is 18.0. The lowest BCUT2D eigenvalue weighted by Crippen LogP contribution is -2.53. The van der Waals surface area contributed by atoms with E-state index in [1.54, 1.807) is 27.8 Å². The first kappa shape index (κ1) is 23.1. The van der Waals surface area contributed by atoms with Gasteiger partial charge in [-0.2, -0.15) is 0 Å². The van der Waals surface area contributed by atoms with E-state index in [0.29, 0.717) is 12.8 Å². The normalized spacial score (nSPS) is 13.1. The molecule has 0 bridgehead atoms. The monoisotopic (exact) mass is 410 g/mol. The van der Waals surface area contributed by atoms with Crippen LogP contribution < -0.4 is 5.32 Å². The number of benzene rings is 2. The highest BCUT2D eigenvalue weighted by Gasteiger charge is 2.30. The molecular weight excluding hydrogens is 380 g/mol. The minimum atomic E-state index is -0.856. The van der Waals surface area contributed by atoms with Gasteiger partial charge < -0.3 is 19.7 Å². The van der Waals surface area contributed by atoms with Crippen molar-refractivity contribution in [2.45, 2.75) is 51.3 Å². The summed E-state index contributed by atoms with van der Waals surface area (Å²) in [6, 6.07) is 17.4. The molecule has 2 aromatic rings. The van der Waals surface area contributed by atoms with Crippen molar-refractivity contribution in [3.05, 3.63) is 71.8 Å². The topological polar surface area (TPSA) is 75.7 Å². The maximum absolute atomic E-state index is 13.2. The van der Waals surface area contributed by atoms with Gasteiger partial charge in [0.25, 0.3) is 0 Å². The number of hydrogen-bond acceptors (Lipinski definition) is 4. The number of aldehydes is 1. The van der Waals surface area contributed by atoms with Gasteiger partial charge in [-0.3, -0.25) is 4.79 Å². The summed E-state index contributed by atoms with van der Waals surface area (Å²) in [7, 11) is 1.58. The molecule has 160 valence electrons. The Kier molecular flexibility index (Phi) is 8.16. The van der Waals surface area contributed by atoms with Crippen molar-refractivity contribution >= 4 is 18.3 Å². The van der Waals surface area contributed by atoms with Gasteiger partial charge in [-0.25, -0.2) is 4.79 Å². The highest BCUT2D eigenvalue weighted by molar-refractivity contribution is 5.87. The van der Waals surface area contributed by atoms with Crippen molar-refractivity contribution in [1.29, 1.82) is 0 Å². The third-order valence-corrected chi connectivity index (χ3v) is 4.56. The van der Waals surface area contributed by atoms with Crippen LogP contribution >= 0.6 is 0 Å². The summed E-state index contributed by atoms with van der Waals surface area (Å²) in [6.07, 6.45) is 0.783. The van der Waals surface area contributed by atoms with Gasteiger partial charge in [0.2, 0.25) is 5.91 Å². The number of hydrogen-bond donors (Lipinski definition) is 1. The van der Waals surface area contributed by atoms with Crippen LogP contribution in [0.2, 0.25) is 0 Å². The van der Waals surface area contributed by atoms with E-state index in [1.807, 2.05) is 60.7 Å². The van der Waals surface area contributed by atoms with Crippen LogP contribution in [0.25, 0.3) is 0 Å². The molecule has 1 N–H and O–H groups in total. The van der Waals surface area contributed by atoms with E-state index in [4.69, 9.17) is 4.74 Å². The van der Waals surface area contributed by atoms with Gasteiger partial charge in [0.15, 0.2) is 0 Å². The Balaban J connectivity index is 2.18. The second-order valence-electron chi connectivity index (χ2n) is 8.23. The molecule has 0 fully saturated rings. The molecule has 0 aliphatic carbocycles. The molecule has 6 heteroatoms. The number of nitrogens with one attached hydrogen (secondary N) is 1. The second-order valence-corrected chi connectivity index (χ2v) is 8.23. The molecule has 0 saturated heterocycles. The van der Waals surface area contributed by atoms with Gasteiger partial charge >= 0.3 is 6.09 Å². The molecule has 30 heavy (non-hydrogen) atoms. The fourth-order valence-electron chi connectivity index (χ4n) is 3.04. The fraction of sp³-hybridized carbons (Fsp3) is 0.375. The van der Waals surface area contributed by atoms with Gasteiger partial charge in [-0.1, -0.05) is 60.7 Å². The highest BCUT2D eigenvalue weighted by atomic mass is 16.6. The maximum atomic E-state index is 13.2. The number of rotatable bonds is 8. The summed E-state index contributed by atoms with van der Waals surface area (Å²) in [6.45, 7) is 5.28. The first-order chi connectivity index (χ1) is 14.2. The standard InChI is InChI=1S/C24H30N2O4/c1-24(2,3)30-23(29)25-21(16-19-13-9-6-10-14-19)22(28)26(4)20(17-27)15-18-11-7-5-8-12-18/h5-14,17,20-21H,15-16H2,1-4H3,(H,25,29)/t20-,21-/m0/s1. The summed E-state index contributed by atoms with van der Waals surface area (Å²) in [4.78, 5) is 38.7. The van der Waals surface area contributed by atoms with Gasteiger partial charge in [0, 0.05) is 13.5 Å². The molecule has 2 amide bonds. The summed E-state index contributed by atoms with van der Waals surface area (Å²) in [5.74, 6) is -0.349. The van der Waals surface area contributed by atoms with Crippen LogP contribution in [-0.2, 0) is 27.2 Å². The molecule has 2 aromatic carbocycles. The molecule has 0 radical (unpaired) electrons. The summed E-state index contributed by atoms with van der Waals surface area (Å²) >= 11 is 0. The molecule has 0 saturated carbocycles. The zero-order chi connectivity index (χ0) is 22.1. The Labute approximate surface area is 178 Å². The Bertz CT molecular complexity index is 831. The first-order valence-corrected chi connectivity index (χ1v) is 9.99. The number of nitrogens with zero attached hydrogens (tertiary/aromatic N) is 1. The molecule has 0 aliphatic rings. The molecule has 0 aliphatic heterocycles. The Morgan fingerprint density at radius 2 is 1.47 bits per heavy atom. The predicted octanol–water partition coefficient (Wildman–Crippen LogP) is 3.39. The number of alkyl carbamates (subject to hydrolysis) is 1. The van der Waals surface area contributed by atoms with Crippen molar-refractivity contribution in [2.24, 2.45) is 0 Å². The Hall–Kier alpha value is -3.15. The van der Waals surface area contributed by atoms with Gasteiger partial charge in [0.05, 0.1) is 6.04 Å². The highest BCUT2D eigenvalue weighted by Crippen LogP contribution is 2.12. The molecule has 6 nitrogen and oxygen atoms in total. The average Bonchev–Trinajstić information content (AvgIpc) is 2.70. The van der Waals surface area contributed by atoms with E-state index in [9.17, 15) is 14.4 Å². The van der Waals surface area contributed by atoms with E-state index >= 15 is 0 Å². The number of carbonyl (C=O) groups excluding carboxylic acids is 3. The zero-order valence-corrected chi connectivity index (χ0v) is 18.0. The molecule has 0 aromatic heterocycles. The number of ether oxygens (including phenoxy) is 1. The summed E-state index contributed by atoms with van der Waals surface area (Å²) in [5, 5.41) is 2.68. The van der Waals surface area contributed by atoms with Crippen LogP contribution in [0.4, 0.5) is 4.79 Å². The van der Waals surface area contributed by atoms with Gasteiger partial charge in [-0.15, -0.1) is 0 Å². The fourth-order valence-corrected chi connectivity index (χ4v) is 3.04. The van der Waals surface area contributed by atoms with Crippen molar-refractivity contribution in [2.75, 3.05) is 7.05 Å². The van der Waals surface area contributed by atoms with Crippen LogP contribution in [0.1, 0.15) is 31.9 Å². The molecule has 2 rings (SSSR count). The smallest absolute Gasteiger partial charge is 0.408 e. The molecule has 2 atom stereocenters. The lowest BCUT2D eigenvalue weighted by Gasteiger charge is -2.29.